The number of piperidine rings is 1. The lowest BCUT2D eigenvalue weighted by Gasteiger charge is -2.32. The molecule has 1 aromatic heterocycles. The van der Waals surface area contributed by atoms with Crippen molar-refractivity contribution in [1.29, 1.82) is 0 Å². The quantitative estimate of drug-likeness (QED) is 0.321. The number of likely N-dealkylation sites (tertiary alicyclic amines) is 1. The van der Waals surface area contributed by atoms with E-state index in [0.717, 1.165) is 41.6 Å². The fraction of sp³-hybridized carbons (Fsp3) is 0.323. The van der Waals surface area contributed by atoms with E-state index in [1.807, 2.05) is 22.7 Å². The molecule has 0 aliphatic carbocycles. The van der Waals surface area contributed by atoms with Gasteiger partial charge in [0.05, 0.1) is 11.3 Å². The normalized spacial score (nSPS) is 14.3. The van der Waals surface area contributed by atoms with Gasteiger partial charge in [0.1, 0.15) is 21.5 Å². The first-order valence-corrected chi connectivity index (χ1v) is 15.8. The molecule has 0 spiro atoms. The molecule has 1 N–H and O–H groups in total. The predicted octanol–water partition coefficient (Wildman–Crippen LogP) is 4.62. The fourth-order valence-electron chi connectivity index (χ4n) is 5.35. The standard InChI is InChI=1S/C31H32F2N4O4S/c1-20-25(30(38)34-13-16-42(2,40)41)9-10-29-27(20)19-37(35-29)18-21-11-14-36(15-12-21)31(39)23-5-3-22(4-6-23)26-8-7-24(32)17-28(26)33/h3-10,17,19,21H,11-16,18H2,1-2H3,(H,34,38). The van der Waals surface area contributed by atoms with Crippen LogP contribution >= 0.6 is 0 Å². The SMILES string of the molecule is Cc1c(C(=O)NCCS(C)(=O)=O)ccc2nn(CC3CCN(C(=O)c4ccc(-c5ccc(F)cc5F)cc4)CC3)cc12. The summed E-state index contributed by atoms with van der Waals surface area (Å²) in [6.45, 7) is 3.80. The van der Waals surface area contributed by atoms with Crippen molar-refractivity contribution in [3.63, 3.8) is 0 Å². The molecule has 1 fully saturated rings. The molecule has 1 aliphatic heterocycles. The van der Waals surface area contributed by atoms with Crippen molar-refractivity contribution in [2.75, 3.05) is 31.6 Å². The Hall–Kier alpha value is -4.12. The molecule has 0 atom stereocenters. The van der Waals surface area contributed by atoms with E-state index in [2.05, 4.69) is 10.4 Å². The molecule has 8 nitrogen and oxygen atoms in total. The maximum absolute atomic E-state index is 14.1. The molecule has 3 aromatic carbocycles. The molecule has 5 rings (SSSR count). The van der Waals surface area contributed by atoms with Crippen molar-refractivity contribution in [3.05, 3.63) is 89.1 Å². The van der Waals surface area contributed by atoms with Gasteiger partial charge in [-0.2, -0.15) is 5.10 Å². The smallest absolute Gasteiger partial charge is 0.253 e. The van der Waals surface area contributed by atoms with E-state index in [4.69, 9.17) is 0 Å². The molecule has 0 unspecified atom stereocenters. The lowest BCUT2D eigenvalue weighted by molar-refractivity contribution is 0.0681. The van der Waals surface area contributed by atoms with Crippen LogP contribution < -0.4 is 5.32 Å². The van der Waals surface area contributed by atoms with E-state index < -0.39 is 21.5 Å². The lowest BCUT2D eigenvalue weighted by Crippen LogP contribution is -2.39. The topological polar surface area (TPSA) is 101 Å². The Morgan fingerprint density at radius 1 is 1.02 bits per heavy atom. The van der Waals surface area contributed by atoms with Crippen LogP contribution in [0.5, 0.6) is 0 Å². The minimum Gasteiger partial charge on any atom is -0.351 e. The first kappa shape index (κ1) is 29.4. The largest absolute Gasteiger partial charge is 0.351 e. The van der Waals surface area contributed by atoms with E-state index in [9.17, 15) is 26.8 Å². The van der Waals surface area contributed by atoms with E-state index in [0.29, 0.717) is 42.2 Å². The number of aromatic nitrogens is 2. The molecule has 1 aliphatic rings. The predicted molar refractivity (Wildman–Crippen MR) is 157 cm³/mol. The number of nitrogens with zero attached hydrogens (tertiary/aromatic N) is 3. The van der Waals surface area contributed by atoms with E-state index >= 15 is 0 Å². The zero-order chi connectivity index (χ0) is 30.0. The average Bonchev–Trinajstić information content (AvgIpc) is 3.36. The zero-order valence-electron chi connectivity index (χ0n) is 23.4. The zero-order valence-corrected chi connectivity index (χ0v) is 24.3. The highest BCUT2D eigenvalue weighted by Gasteiger charge is 2.25. The van der Waals surface area contributed by atoms with Crippen molar-refractivity contribution in [1.82, 2.24) is 20.0 Å². The number of carbonyl (C=O) groups is 2. The van der Waals surface area contributed by atoms with Crippen LogP contribution in [-0.2, 0) is 16.4 Å². The Morgan fingerprint density at radius 2 is 1.74 bits per heavy atom. The van der Waals surface area contributed by atoms with Crippen molar-refractivity contribution < 1.29 is 26.8 Å². The molecule has 0 saturated carbocycles. The Kier molecular flexibility index (Phi) is 8.40. The van der Waals surface area contributed by atoms with Crippen LogP contribution in [0.15, 0.2) is 60.8 Å². The van der Waals surface area contributed by atoms with Gasteiger partial charge in [0.25, 0.3) is 11.8 Å². The molecular weight excluding hydrogens is 562 g/mol. The number of rotatable bonds is 8. The summed E-state index contributed by atoms with van der Waals surface area (Å²) >= 11 is 0. The molecule has 1 saturated heterocycles. The number of aryl methyl sites for hydroxylation is 1. The summed E-state index contributed by atoms with van der Waals surface area (Å²) in [6.07, 6.45) is 4.69. The van der Waals surface area contributed by atoms with Gasteiger partial charge >= 0.3 is 0 Å². The number of halogens is 2. The highest BCUT2D eigenvalue weighted by molar-refractivity contribution is 7.90. The van der Waals surface area contributed by atoms with Crippen molar-refractivity contribution in [2.24, 2.45) is 5.92 Å². The third-order valence-corrected chi connectivity index (χ3v) is 8.68. The second-order valence-corrected chi connectivity index (χ2v) is 13.1. The summed E-state index contributed by atoms with van der Waals surface area (Å²) < 4.78 is 51.9. The molecule has 11 heteroatoms. The monoisotopic (exact) mass is 594 g/mol. The molecule has 42 heavy (non-hydrogen) atoms. The van der Waals surface area contributed by atoms with Gasteiger partial charge in [0.2, 0.25) is 0 Å². The number of benzene rings is 3. The number of hydrogen-bond acceptors (Lipinski definition) is 5. The van der Waals surface area contributed by atoms with Crippen molar-refractivity contribution in [2.45, 2.75) is 26.3 Å². The van der Waals surface area contributed by atoms with E-state index in [-0.39, 0.29) is 29.7 Å². The van der Waals surface area contributed by atoms with Crippen LogP contribution in [0.1, 0.15) is 39.1 Å². The fourth-order valence-corrected chi connectivity index (χ4v) is 5.82. The number of nitrogens with one attached hydrogen (secondary N) is 1. The van der Waals surface area contributed by atoms with Crippen LogP contribution in [0.25, 0.3) is 22.0 Å². The van der Waals surface area contributed by atoms with E-state index in [1.54, 1.807) is 36.4 Å². The van der Waals surface area contributed by atoms with Gasteiger partial charge in [-0.05, 0) is 73.2 Å². The van der Waals surface area contributed by atoms with Gasteiger partial charge in [0, 0.05) is 66.8 Å². The van der Waals surface area contributed by atoms with Crippen LogP contribution in [0.4, 0.5) is 8.78 Å². The summed E-state index contributed by atoms with van der Waals surface area (Å²) in [5.41, 5.74) is 3.41. The Morgan fingerprint density at radius 3 is 2.40 bits per heavy atom. The average molecular weight is 595 g/mol. The Labute approximate surface area is 243 Å². The maximum atomic E-state index is 14.1. The van der Waals surface area contributed by atoms with Gasteiger partial charge in [-0.1, -0.05) is 12.1 Å². The number of amides is 2. The summed E-state index contributed by atoms with van der Waals surface area (Å²) in [7, 11) is -3.16. The lowest BCUT2D eigenvalue weighted by atomic mass is 9.96. The number of carbonyl (C=O) groups excluding carboxylic acids is 2. The van der Waals surface area contributed by atoms with Crippen LogP contribution in [0, 0.1) is 24.5 Å². The second-order valence-electron chi connectivity index (χ2n) is 10.8. The van der Waals surface area contributed by atoms with E-state index in [1.165, 1.54) is 12.1 Å². The first-order chi connectivity index (χ1) is 20.0. The van der Waals surface area contributed by atoms with Gasteiger partial charge in [0.15, 0.2) is 0 Å². The molecule has 2 heterocycles. The molecule has 4 aromatic rings. The summed E-state index contributed by atoms with van der Waals surface area (Å²) in [6, 6.07) is 13.6. The van der Waals surface area contributed by atoms with Gasteiger partial charge in [-0.3, -0.25) is 14.3 Å². The van der Waals surface area contributed by atoms with Crippen molar-refractivity contribution >= 4 is 32.6 Å². The van der Waals surface area contributed by atoms with Gasteiger partial charge < -0.3 is 10.2 Å². The third-order valence-electron chi connectivity index (χ3n) is 7.73. The molecular formula is C31H32F2N4O4S. The second kappa shape index (κ2) is 12.0. The number of hydrogen-bond donors (Lipinski definition) is 1. The molecule has 0 radical (unpaired) electrons. The van der Waals surface area contributed by atoms with Gasteiger partial charge in [-0.15, -0.1) is 0 Å². The highest BCUT2D eigenvalue weighted by atomic mass is 32.2. The third kappa shape index (κ3) is 6.67. The summed E-state index contributed by atoms with van der Waals surface area (Å²) in [5.74, 6) is -1.48. The number of sulfone groups is 1. The molecule has 0 bridgehead atoms. The Bertz CT molecular complexity index is 1740. The van der Waals surface area contributed by atoms with Crippen LogP contribution in [0.3, 0.4) is 0 Å². The van der Waals surface area contributed by atoms with Crippen LogP contribution in [-0.4, -0.2) is 66.6 Å². The van der Waals surface area contributed by atoms with Gasteiger partial charge in [-0.25, -0.2) is 17.2 Å². The minimum atomic E-state index is -3.16. The first-order valence-electron chi connectivity index (χ1n) is 13.8. The molecule has 2 amide bonds. The summed E-state index contributed by atoms with van der Waals surface area (Å²) in [4.78, 5) is 27.5. The van der Waals surface area contributed by atoms with Crippen molar-refractivity contribution in [3.8, 4) is 11.1 Å². The maximum Gasteiger partial charge on any atom is 0.253 e. The Balaban J connectivity index is 1.17. The molecule has 220 valence electrons. The highest BCUT2D eigenvalue weighted by Crippen LogP contribution is 2.27. The summed E-state index contributed by atoms with van der Waals surface area (Å²) in [5, 5.41) is 8.22. The minimum absolute atomic E-state index is 0.0525. The van der Waals surface area contributed by atoms with Crippen LogP contribution in [0.2, 0.25) is 0 Å². The number of fused-ring (bicyclic) bond motifs is 1.